The summed E-state index contributed by atoms with van der Waals surface area (Å²) in [7, 11) is 0. The van der Waals surface area contributed by atoms with Gasteiger partial charge in [0.15, 0.2) is 0 Å². The van der Waals surface area contributed by atoms with Gasteiger partial charge >= 0.3 is 12.1 Å². The number of carbonyl (C=O) groups is 1. The van der Waals surface area contributed by atoms with Gasteiger partial charge in [0.1, 0.15) is 11.5 Å². The number of carboxylic acids is 1. The van der Waals surface area contributed by atoms with E-state index < -0.39 is 17.8 Å². The minimum atomic E-state index is -4.56. The van der Waals surface area contributed by atoms with Crippen molar-refractivity contribution in [3.05, 3.63) is 23.4 Å². The number of rotatable bonds is 4. The summed E-state index contributed by atoms with van der Waals surface area (Å²) in [6.07, 6.45) is -2.94. The summed E-state index contributed by atoms with van der Waals surface area (Å²) in [6, 6.07) is 1.89. The summed E-state index contributed by atoms with van der Waals surface area (Å²) < 4.78 is 37.7. The third kappa shape index (κ3) is 4.80. The van der Waals surface area contributed by atoms with Crippen molar-refractivity contribution >= 4 is 11.8 Å². The lowest BCUT2D eigenvalue weighted by atomic mass is 10.2. The van der Waals surface area contributed by atoms with Gasteiger partial charge in [-0.15, -0.1) is 0 Å². The van der Waals surface area contributed by atoms with E-state index >= 15 is 0 Å². The number of pyridine rings is 1. The van der Waals surface area contributed by atoms with E-state index in [1.165, 1.54) is 0 Å². The Kier molecular flexibility index (Phi) is 5.38. The first kappa shape index (κ1) is 15.8. The van der Waals surface area contributed by atoms with Crippen LogP contribution in [-0.2, 0) is 11.0 Å². The Balaban J connectivity index is 3.10. The van der Waals surface area contributed by atoms with Gasteiger partial charge in [0.05, 0.1) is 5.56 Å². The average molecular weight is 286 g/mol. The number of alkyl halides is 3. The fourth-order valence-corrected chi connectivity index (χ4v) is 1.36. The molecule has 20 heavy (non-hydrogen) atoms. The minimum Gasteiger partial charge on any atom is -0.472 e. The van der Waals surface area contributed by atoms with E-state index in [9.17, 15) is 18.0 Å². The van der Waals surface area contributed by atoms with Gasteiger partial charge in [0.25, 0.3) is 0 Å². The molecule has 0 atom stereocenters. The fraction of sp³-hybridized carbons (Fsp3) is 0.385. The van der Waals surface area contributed by atoms with Crippen molar-refractivity contribution in [1.82, 2.24) is 4.98 Å². The molecule has 0 saturated heterocycles. The van der Waals surface area contributed by atoms with Crippen molar-refractivity contribution in [2.45, 2.75) is 25.9 Å². The molecule has 1 heterocycles. The van der Waals surface area contributed by atoms with Gasteiger partial charge in [-0.25, -0.2) is 9.78 Å². The van der Waals surface area contributed by atoms with Crippen LogP contribution in [0.25, 0.3) is 0 Å². The highest BCUT2D eigenvalue weighted by Gasteiger charge is 2.32. The van der Waals surface area contributed by atoms with E-state index in [1.807, 2.05) is 12.8 Å². The van der Waals surface area contributed by atoms with E-state index in [2.05, 4.69) is 16.2 Å². The smallest absolute Gasteiger partial charge is 0.433 e. The number of nitrogens with one attached hydrogen (secondary N) is 1. The largest absolute Gasteiger partial charge is 0.472 e. The molecule has 4 nitrogen and oxygen atoms in total. The van der Waals surface area contributed by atoms with Crippen LogP contribution in [0.5, 0.6) is 0 Å². The molecular weight excluding hydrogens is 273 g/mol. The SMILES string of the molecule is CCCCNc1nc(C(F)(F)F)ccc1C#CC(=O)O. The highest BCUT2D eigenvalue weighted by Crippen LogP contribution is 2.29. The standard InChI is InChI=1S/C13H13F3N2O2/c1-2-3-8-17-12-9(5-7-11(19)20)4-6-10(18-12)13(14,15)16/h4,6H,2-3,8H2,1H3,(H,17,18)(H,19,20). The monoisotopic (exact) mass is 286 g/mol. The summed E-state index contributed by atoms with van der Waals surface area (Å²) in [5.41, 5.74) is -0.922. The minimum absolute atomic E-state index is 0.0537. The maximum atomic E-state index is 12.6. The first-order chi connectivity index (χ1) is 9.34. The lowest BCUT2D eigenvalue weighted by Crippen LogP contribution is -2.12. The molecule has 0 aliphatic carbocycles. The zero-order chi connectivity index (χ0) is 15.2. The zero-order valence-electron chi connectivity index (χ0n) is 10.7. The second-order valence-corrected chi connectivity index (χ2v) is 3.93. The van der Waals surface area contributed by atoms with Crippen molar-refractivity contribution in [1.29, 1.82) is 0 Å². The quantitative estimate of drug-likeness (QED) is 0.660. The molecule has 1 aromatic heterocycles. The molecule has 0 aliphatic heterocycles. The molecule has 0 fully saturated rings. The Hall–Kier alpha value is -2.23. The molecule has 0 amide bonds. The fourth-order valence-electron chi connectivity index (χ4n) is 1.36. The zero-order valence-corrected chi connectivity index (χ0v) is 10.7. The molecular formula is C13H13F3N2O2. The number of anilines is 1. The molecule has 0 bridgehead atoms. The van der Waals surface area contributed by atoms with Gasteiger partial charge in [-0.05, 0) is 18.6 Å². The van der Waals surface area contributed by atoms with Crippen LogP contribution < -0.4 is 5.32 Å². The van der Waals surface area contributed by atoms with Crippen molar-refractivity contribution in [3.63, 3.8) is 0 Å². The van der Waals surface area contributed by atoms with Gasteiger partial charge in [0.2, 0.25) is 0 Å². The number of halogens is 3. The first-order valence-electron chi connectivity index (χ1n) is 5.91. The van der Waals surface area contributed by atoms with E-state index in [0.717, 1.165) is 25.0 Å². The van der Waals surface area contributed by atoms with Crippen molar-refractivity contribution in [2.24, 2.45) is 0 Å². The molecule has 0 saturated carbocycles. The molecule has 0 aromatic carbocycles. The Morgan fingerprint density at radius 2 is 2.15 bits per heavy atom. The van der Waals surface area contributed by atoms with Crippen molar-refractivity contribution in [3.8, 4) is 11.8 Å². The Morgan fingerprint density at radius 1 is 1.45 bits per heavy atom. The number of carboxylic acid groups (broad SMARTS) is 1. The first-order valence-corrected chi connectivity index (χ1v) is 5.91. The summed E-state index contributed by atoms with van der Waals surface area (Å²) in [4.78, 5) is 13.8. The molecule has 0 radical (unpaired) electrons. The van der Waals surface area contributed by atoms with Gasteiger partial charge < -0.3 is 10.4 Å². The average Bonchev–Trinajstić information content (AvgIpc) is 2.36. The Morgan fingerprint density at radius 3 is 2.70 bits per heavy atom. The maximum Gasteiger partial charge on any atom is 0.433 e. The van der Waals surface area contributed by atoms with Crippen LogP contribution in [0.2, 0.25) is 0 Å². The van der Waals surface area contributed by atoms with Gasteiger partial charge in [-0.1, -0.05) is 19.3 Å². The second-order valence-electron chi connectivity index (χ2n) is 3.93. The van der Waals surface area contributed by atoms with E-state index in [-0.39, 0.29) is 11.4 Å². The number of nitrogens with zero attached hydrogens (tertiary/aromatic N) is 1. The molecule has 2 N–H and O–H groups in total. The van der Waals surface area contributed by atoms with Crippen LogP contribution in [0.15, 0.2) is 12.1 Å². The third-order valence-electron chi connectivity index (χ3n) is 2.31. The molecule has 1 rings (SSSR count). The number of aliphatic carboxylic acids is 1. The predicted octanol–water partition coefficient (Wildman–Crippen LogP) is 2.75. The van der Waals surface area contributed by atoms with Crippen LogP contribution in [0, 0.1) is 11.8 Å². The van der Waals surface area contributed by atoms with E-state index in [0.29, 0.717) is 6.54 Å². The Bertz CT molecular complexity index is 545. The third-order valence-corrected chi connectivity index (χ3v) is 2.31. The Labute approximate surface area is 114 Å². The van der Waals surface area contributed by atoms with Crippen LogP contribution >= 0.6 is 0 Å². The molecule has 7 heteroatoms. The van der Waals surface area contributed by atoms with Crippen LogP contribution in [0.4, 0.5) is 19.0 Å². The van der Waals surface area contributed by atoms with Gasteiger partial charge in [-0.2, -0.15) is 13.2 Å². The predicted molar refractivity (Wildman–Crippen MR) is 67.2 cm³/mol. The van der Waals surface area contributed by atoms with Crippen molar-refractivity contribution in [2.75, 3.05) is 11.9 Å². The lowest BCUT2D eigenvalue weighted by Gasteiger charge is -2.11. The number of hydrogen-bond donors (Lipinski definition) is 2. The highest BCUT2D eigenvalue weighted by molar-refractivity contribution is 5.87. The van der Waals surface area contributed by atoms with Crippen LogP contribution in [-0.4, -0.2) is 22.6 Å². The maximum absolute atomic E-state index is 12.6. The number of hydrogen-bond acceptors (Lipinski definition) is 3. The summed E-state index contributed by atoms with van der Waals surface area (Å²) in [6.45, 7) is 2.37. The van der Waals surface area contributed by atoms with Crippen LogP contribution in [0.1, 0.15) is 31.0 Å². The summed E-state index contributed by atoms with van der Waals surface area (Å²) in [5.74, 6) is 2.72. The van der Waals surface area contributed by atoms with Gasteiger partial charge in [-0.3, -0.25) is 0 Å². The molecule has 0 aliphatic rings. The molecule has 0 unspecified atom stereocenters. The number of unbranched alkanes of at least 4 members (excludes halogenated alkanes) is 1. The van der Waals surface area contributed by atoms with Gasteiger partial charge in [0, 0.05) is 12.5 Å². The molecule has 108 valence electrons. The molecule has 0 spiro atoms. The van der Waals surface area contributed by atoms with E-state index in [4.69, 9.17) is 5.11 Å². The second kappa shape index (κ2) is 6.80. The van der Waals surface area contributed by atoms with Crippen molar-refractivity contribution < 1.29 is 23.1 Å². The highest BCUT2D eigenvalue weighted by atomic mass is 19.4. The van der Waals surface area contributed by atoms with E-state index in [1.54, 1.807) is 0 Å². The van der Waals surface area contributed by atoms with Crippen LogP contribution in [0.3, 0.4) is 0 Å². The number of aromatic nitrogens is 1. The summed E-state index contributed by atoms with van der Waals surface area (Å²) in [5, 5.41) is 11.2. The topological polar surface area (TPSA) is 62.2 Å². The lowest BCUT2D eigenvalue weighted by molar-refractivity contribution is -0.141. The normalized spacial score (nSPS) is 10.6. The molecule has 1 aromatic rings. The summed E-state index contributed by atoms with van der Waals surface area (Å²) >= 11 is 0.